The molecule has 0 spiro atoms. The van der Waals surface area contributed by atoms with Crippen molar-refractivity contribution < 1.29 is 17.9 Å². The largest absolute Gasteiger partial charge is 0.497 e. The molecule has 47 heavy (non-hydrogen) atoms. The Morgan fingerprint density at radius 2 is 1.68 bits per heavy atom. The number of anilines is 1. The second-order valence-electron chi connectivity index (χ2n) is 13.3. The molecule has 11 heteroatoms. The summed E-state index contributed by atoms with van der Waals surface area (Å²) in [6.07, 6.45) is 7.46. The minimum absolute atomic E-state index is 0.0956. The number of aryl methyl sites for hydroxylation is 2. The fourth-order valence-corrected chi connectivity index (χ4v) is 9.42. The van der Waals surface area contributed by atoms with Gasteiger partial charge in [0.05, 0.1) is 18.0 Å². The Morgan fingerprint density at radius 1 is 0.979 bits per heavy atom. The third kappa shape index (κ3) is 7.91. The van der Waals surface area contributed by atoms with Gasteiger partial charge in [0.25, 0.3) is 0 Å². The summed E-state index contributed by atoms with van der Waals surface area (Å²) in [6.45, 7) is 8.36. The van der Waals surface area contributed by atoms with Crippen LogP contribution in [-0.4, -0.2) is 106 Å². The number of nitrogens with zero attached hydrogens (tertiary/aromatic N) is 6. The van der Waals surface area contributed by atoms with Gasteiger partial charge in [-0.25, -0.2) is 13.4 Å². The van der Waals surface area contributed by atoms with Crippen LogP contribution in [-0.2, 0) is 15.6 Å². The standard InChI is InChI=1S/C36H52N6O4S/c1-28-25-32(45-6)26-29(2)34(28)47(43,44)42-22-11-10-15-31(42)27-46-35-37-19-16-33(38-35)40(5)20-12-21-41-23-17-36(18-24-41,39(3)4)30-13-8-7-9-14-30/h7-9,13-14,16,19,25-26,31H,10-12,15,17-18,20-24,27H2,1-6H3. The second-order valence-corrected chi connectivity index (χ2v) is 15.1. The fraction of sp³-hybridized carbons (Fsp3) is 0.556. The predicted molar refractivity (Wildman–Crippen MR) is 187 cm³/mol. The van der Waals surface area contributed by atoms with Crippen LogP contribution in [0.4, 0.5) is 5.82 Å². The van der Waals surface area contributed by atoms with Crippen LogP contribution in [0.15, 0.2) is 59.6 Å². The maximum Gasteiger partial charge on any atom is 0.318 e. The molecule has 2 aliphatic rings. The minimum Gasteiger partial charge on any atom is -0.497 e. The summed E-state index contributed by atoms with van der Waals surface area (Å²) in [5.74, 6) is 1.45. The van der Waals surface area contributed by atoms with Crippen LogP contribution in [0.5, 0.6) is 11.8 Å². The lowest BCUT2D eigenvalue weighted by Gasteiger charge is -2.46. The molecule has 1 aromatic heterocycles. The molecule has 3 aromatic rings. The number of ether oxygens (including phenoxy) is 2. The smallest absolute Gasteiger partial charge is 0.318 e. The Morgan fingerprint density at radius 3 is 2.34 bits per heavy atom. The summed E-state index contributed by atoms with van der Waals surface area (Å²) in [4.78, 5) is 16.5. The summed E-state index contributed by atoms with van der Waals surface area (Å²) >= 11 is 0. The molecule has 0 aliphatic carbocycles. The molecule has 2 aliphatic heterocycles. The number of aromatic nitrogens is 2. The summed E-state index contributed by atoms with van der Waals surface area (Å²) in [5, 5.41) is 0. The quantitative estimate of drug-likeness (QED) is 0.248. The molecule has 2 saturated heterocycles. The highest BCUT2D eigenvalue weighted by molar-refractivity contribution is 7.89. The van der Waals surface area contributed by atoms with Crippen molar-refractivity contribution in [2.45, 2.75) is 68.8 Å². The molecule has 0 radical (unpaired) electrons. The van der Waals surface area contributed by atoms with Crippen LogP contribution >= 0.6 is 0 Å². The average molecular weight is 665 g/mol. The Kier molecular flexibility index (Phi) is 11.4. The molecular formula is C36H52N6O4S. The van der Waals surface area contributed by atoms with Crippen molar-refractivity contribution in [2.75, 3.05) is 72.5 Å². The van der Waals surface area contributed by atoms with Crippen molar-refractivity contribution in [1.29, 1.82) is 0 Å². The fourth-order valence-electron chi connectivity index (χ4n) is 7.33. The number of benzene rings is 2. The molecular weight excluding hydrogens is 613 g/mol. The number of rotatable bonds is 13. The summed E-state index contributed by atoms with van der Waals surface area (Å²) in [7, 11) is 4.31. The maximum absolute atomic E-state index is 13.9. The summed E-state index contributed by atoms with van der Waals surface area (Å²) in [6, 6.07) is 16.3. The van der Waals surface area contributed by atoms with E-state index in [2.05, 4.69) is 69.1 Å². The molecule has 10 nitrogen and oxygen atoms in total. The summed E-state index contributed by atoms with van der Waals surface area (Å²) in [5.41, 5.74) is 2.87. The molecule has 3 heterocycles. The molecule has 2 aromatic carbocycles. The van der Waals surface area contributed by atoms with Crippen molar-refractivity contribution >= 4 is 15.8 Å². The molecule has 2 fully saturated rings. The van der Waals surface area contributed by atoms with Gasteiger partial charge in [-0.2, -0.15) is 9.29 Å². The number of sulfonamides is 1. The third-order valence-electron chi connectivity index (χ3n) is 10.0. The molecule has 1 unspecified atom stereocenters. The molecule has 1 atom stereocenters. The number of methoxy groups -OCH3 is 1. The van der Waals surface area contributed by atoms with Gasteiger partial charge in [0.1, 0.15) is 18.2 Å². The van der Waals surface area contributed by atoms with E-state index in [9.17, 15) is 8.42 Å². The Labute approximate surface area is 281 Å². The van der Waals surface area contributed by atoms with Gasteiger partial charge in [-0.1, -0.05) is 36.8 Å². The van der Waals surface area contributed by atoms with Crippen molar-refractivity contribution in [3.05, 3.63) is 71.4 Å². The SMILES string of the molecule is COc1cc(C)c(S(=O)(=O)N2CCCCC2COc2nccc(N(C)CCCN3CCC(c4ccccc4)(N(C)C)CC3)n2)c(C)c1. The number of piperidine rings is 2. The van der Waals surface area contributed by atoms with Gasteiger partial charge < -0.3 is 19.3 Å². The van der Waals surface area contributed by atoms with E-state index in [4.69, 9.17) is 9.47 Å². The van der Waals surface area contributed by atoms with Gasteiger partial charge in [-0.15, -0.1) is 0 Å². The Balaban J connectivity index is 1.14. The van der Waals surface area contributed by atoms with Crippen LogP contribution in [0, 0.1) is 13.8 Å². The van der Waals surface area contributed by atoms with E-state index in [0.717, 1.165) is 70.5 Å². The molecule has 0 N–H and O–H groups in total. The van der Waals surface area contributed by atoms with E-state index < -0.39 is 10.0 Å². The van der Waals surface area contributed by atoms with Crippen molar-refractivity contribution in [3.63, 3.8) is 0 Å². The van der Waals surface area contributed by atoms with Crippen molar-refractivity contribution in [2.24, 2.45) is 0 Å². The highest BCUT2D eigenvalue weighted by atomic mass is 32.2. The molecule has 0 saturated carbocycles. The maximum atomic E-state index is 13.9. The monoisotopic (exact) mass is 664 g/mol. The van der Waals surface area contributed by atoms with E-state index >= 15 is 0 Å². The van der Waals surface area contributed by atoms with Crippen LogP contribution in [0.3, 0.4) is 0 Å². The van der Waals surface area contributed by atoms with Crippen LogP contribution < -0.4 is 14.4 Å². The van der Waals surface area contributed by atoms with Crippen LogP contribution in [0.1, 0.15) is 55.2 Å². The first-order valence-corrected chi connectivity index (χ1v) is 18.3. The normalized spacial score (nSPS) is 19.1. The second kappa shape index (κ2) is 15.3. The lowest BCUT2D eigenvalue weighted by atomic mass is 9.80. The predicted octanol–water partition coefficient (Wildman–Crippen LogP) is 5.10. The molecule has 0 bridgehead atoms. The highest BCUT2D eigenvalue weighted by Crippen LogP contribution is 2.37. The first-order valence-electron chi connectivity index (χ1n) is 16.8. The summed E-state index contributed by atoms with van der Waals surface area (Å²) < 4.78 is 40.9. The van der Waals surface area contributed by atoms with E-state index in [1.165, 1.54) is 5.56 Å². The van der Waals surface area contributed by atoms with Gasteiger partial charge in [-0.3, -0.25) is 4.90 Å². The lowest BCUT2D eigenvalue weighted by molar-refractivity contribution is 0.0537. The Bertz CT molecular complexity index is 1550. The average Bonchev–Trinajstić information content (AvgIpc) is 3.07. The zero-order valence-corrected chi connectivity index (χ0v) is 29.8. The number of hydrogen-bond donors (Lipinski definition) is 0. The highest BCUT2D eigenvalue weighted by Gasteiger charge is 2.38. The molecule has 5 rings (SSSR count). The van der Waals surface area contributed by atoms with E-state index in [0.29, 0.717) is 28.3 Å². The Hall–Kier alpha value is -3.25. The zero-order chi connectivity index (χ0) is 33.6. The topological polar surface area (TPSA) is 91.3 Å². The van der Waals surface area contributed by atoms with Crippen LogP contribution in [0.25, 0.3) is 0 Å². The van der Waals surface area contributed by atoms with Crippen molar-refractivity contribution in [3.8, 4) is 11.8 Å². The first kappa shape index (κ1) is 35.1. The lowest BCUT2D eigenvalue weighted by Crippen LogP contribution is -2.50. The van der Waals surface area contributed by atoms with E-state index in [-0.39, 0.29) is 24.2 Å². The van der Waals surface area contributed by atoms with Gasteiger partial charge in [0.15, 0.2) is 0 Å². The van der Waals surface area contributed by atoms with Crippen molar-refractivity contribution in [1.82, 2.24) is 24.1 Å². The van der Waals surface area contributed by atoms with Gasteiger partial charge in [-0.05, 0) is 101 Å². The van der Waals surface area contributed by atoms with E-state index in [1.54, 1.807) is 29.7 Å². The molecule has 0 amide bonds. The van der Waals surface area contributed by atoms with Crippen LogP contribution in [0.2, 0.25) is 0 Å². The number of hydrogen-bond acceptors (Lipinski definition) is 9. The first-order chi connectivity index (χ1) is 22.5. The van der Waals surface area contributed by atoms with E-state index in [1.807, 2.05) is 27.0 Å². The molecule has 256 valence electrons. The number of likely N-dealkylation sites (tertiary alicyclic amines) is 1. The van der Waals surface area contributed by atoms with Gasteiger partial charge >= 0.3 is 6.01 Å². The van der Waals surface area contributed by atoms with Gasteiger partial charge in [0.2, 0.25) is 10.0 Å². The minimum atomic E-state index is -3.73. The van der Waals surface area contributed by atoms with Gasteiger partial charge in [0, 0.05) is 45.0 Å². The zero-order valence-electron chi connectivity index (χ0n) is 29.0. The third-order valence-corrected chi connectivity index (χ3v) is 12.3.